The fourth-order valence-corrected chi connectivity index (χ4v) is 2.35. The van der Waals surface area contributed by atoms with E-state index in [0.29, 0.717) is 11.7 Å². The lowest BCUT2D eigenvalue weighted by Crippen LogP contribution is -2.37. The molecule has 1 aliphatic heterocycles. The van der Waals surface area contributed by atoms with Gasteiger partial charge in [-0.1, -0.05) is 0 Å². The smallest absolute Gasteiger partial charge is 0.363 e. The van der Waals surface area contributed by atoms with E-state index in [1.54, 1.807) is 12.1 Å². The molecule has 1 aromatic rings. The number of hydrogen-bond acceptors (Lipinski definition) is 5. The maximum absolute atomic E-state index is 11.0. The first-order valence-electron chi connectivity index (χ1n) is 6.30. The minimum absolute atomic E-state index is 0.0580. The maximum atomic E-state index is 11.0. The van der Waals surface area contributed by atoms with Gasteiger partial charge < -0.3 is 20.3 Å². The molecule has 2 rings (SSSR count). The number of pyridine rings is 1. The summed E-state index contributed by atoms with van der Waals surface area (Å²) >= 11 is 0. The van der Waals surface area contributed by atoms with Crippen LogP contribution in [0.4, 0.5) is 11.5 Å². The Bertz CT molecular complexity index is 418. The van der Waals surface area contributed by atoms with E-state index in [2.05, 4.69) is 10.3 Å². The van der Waals surface area contributed by atoms with Crippen LogP contribution in [0.1, 0.15) is 19.8 Å². The highest BCUT2D eigenvalue weighted by Crippen LogP contribution is 2.25. The molecule has 1 fully saturated rings. The highest BCUT2D eigenvalue weighted by molar-refractivity contribution is 5.58. The molecule has 18 heavy (non-hydrogen) atoms. The fraction of sp³-hybridized carbons (Fsp3) is 0.583. The molecule has 1 atom stereocenters. The molecular weight excluding hydrogens is 232 g/mol. The molecule has 6 heteroatoms. The summed E-state index contributed by atoms with van der Waals surface area (Å²) in [4.78, 5) is 16.4. The molecule has 0 aliphatic carbocycles. The van der Waals surface area contributed by atoms with Crippen molar-refractivity contribution in [2.45, 2.75) is 25.8 Å². The third-order valence-corrected chi connectivity index (χ3v) is 3.26. The molecule has 1 unspecified atom stereocenters. The van der Waals surface area contributed by atoms with Gasteiger partial charge in [-0.3, -0.25) is 0 Å². The predicted molar refractivity (Wildman–Crippen MR) is 69.8 cm³/mol. The molecule has 1 N–H and O–H groups in total. The van der Waals surface area contributed by atoms with E-state index in [1.165, 1.54) is 12.6 Å². The van der Waals surface area contributed by atoms with Crippen molar-refractivity contribution < 1.29 is 4.92 Å². The molecule has 0 spiro atoms. The van der Waals surface area contributed by atoms with Gasteiger partial charge in [0, 0.05) is 19.1 Å². The molecule has 0 amide bonds. The van der Waals surface area contributed by atoms with E-state index in [4.69, 9.17) is 0 Å². The monoisotopic (exact) mass is 250 g/mol. The Morgan fingerprint density at radius 3 is 3.11 bits per heavy atom. The second-order valence-electron chi connectivity index (χ2n) is 4.44. The molecule has 0 aromatic carbocycles. The van der Waals surface area contributed by atoms with Crippen molar-refractivity contribution in [3.05, 3.63) is 28.4 Å². The van der Waals surface area contributed by atoms with Crippen LogP contribution in [0, 0.1) is 10.1 Å². The predicted octanol–water partition coefficient (Wildman–Crippen LogP) is 1.57. The van der Waals surface area contributed by atoms with E-state index < -0.39 is 4.92 Å². The summed E-state index contributed by atoms with van der Waals surface area (Å²) in [6, 6.07) is 3.93. The molecule has 0 radical (unpaired) electrons. The zero-order chi connectivity index (χ0) is 13.0. The topological polar surface area (TPSA) is 71.3 Å². The largest absolute Gasteiger partial charge is 0.387 e. The van der Waals surface area contributed by atoms with E-state index in [1.807, 2.05) is 11.8 Å². The number of nitrogens with one attached hydrogen (secondary N) is 1. The van der Waals surface area contributed by atoms with Crippen molar-refractivity contribution in [2.24, 2.45) is 0 Å². The summed E-state index contributed by atoms with van der Waals surface area (Å²) in [6.45, 7) is 4.58. The first kappa shape index (κ1) is 12.8. The fourth-order valence-electron chi connectivity index (χ4n) is 2.35. The number of hydrogen-bond donors (Lipinski definition) is 1. The van der Waals surface area contributed by atoms with E-state index in [9.17, 15) is 10.1 Å². The molecule has 98 valence electrons. The third kappa shape index (κ3) is 2.76. The van der Waals surface area contributed by atoms with Crippen molar-refractivity contribution in [3.8, 4) is 0 Å². The van der Waals surface area contributed by atoms with Crippen LogP contribution < -0.4 is 10.2 Å². The number of likely N-dealkylation sites (N-methyl/N-ethyl adjacent to an activating group) is 1. The first-order chi connectivity index (χ1) is 8.72. The minimum atomic E-state index is -0.417. The third-order valence-electron chi connectivity index (χ3n) is 3.26. The van der Waals surface area contributed by atoms with Crippen LogP contribution in [0.15, 0.2) is 18.3 Å². The minimum Gasteiger partial charge on any atom is -0.363 e. The lowest BCUT2D eigenvalue weighted by atomic mass is 10.2. The summed E-state index contributed by atoms with van der Waals surface area (Å²) in [6.07, 6.45) is 3.77. The van der Waals surface area contributed by atoms with Gasteiger partial charge in [-0.15, -0.1) is 0 Å². The summed E-state index contributed by atoms with van der Waals surface area (Å²) in [5, 5.41) is 14.4. The van der Waals surface area contributed by atoms with E-state index in [-0.39, 0.29) is 5.82 Å². The van der Waals surface area contributed by atoms with Gasteiger partial charge in [-0.25, -0.2) is 0 Å². The van der Waals surface area contributed by atoms with Crippen molar-refractivity contribution >= 4 is 11.5 Å². The van der Waals surface area contributed by atoms with Gasteiger partial charge in [-0.2, -0.15) is 0 Å². The second-order valence-corrected chi connectivity index (χ2v) is 4.44. The van der Waals surface area contributed by atoms with Crippen molar-refractivity contribution in [2.75, 3.05) is 24.5 Å². The SMILES string of the molecule is CCN(CC1CCCN1)c1cccnc1[N+](=O)[O-]. The Kier molecular flexibility index (Phi) is 4.09. The van der Waals surface area contributed by atoms with Crippen molar-refractivity contribution in [1.82, 2.24) is 10.3 Å². The molecule has 2 heterocycles. The van der Waals surface area contributed by atoms with E-state index in [0.717, 1.165) is 26.1 Å². The van der Waals surface area contributed by atoms with Gasteiger partial charge in [0.15, 0.2) is 0 Å². The number of rotatable bonds is 5. The highest BCUT2D eigenvalue weighted by atomic mass is 16.6. The summed E-state index contributed by atoms with van der Waals surface area (Å²) in [7, 11) is 0. The van der Waals surface area contributed by atoms with Crippen molar-refractivity contribution in [1.29, 1.82) is 0 Å². The van der Waals surface area contributed by atoms with Crippen LogP contribution in [0.2, 0.25) is 0 Å². The summed E-state index contributed by atoms with van der Waals surface area (Å²) in [5.41, 5.74) is 0.610. The molecular formula is C12H18N4O2. The summed E-state index contributed by atoms with van der Waals surface area (Å²) < 4.78 is 0. The second kappa shape index (κ2) is 5.77. The van der Waals surface area contributed by atoms with Crippen LogP contribution in [0.5, 0.6) is 0 Å². The molecule has 6 nitrogen and oxygen atoms in total. The Hall–Kier alpha value is -1.69. The van der Waals surface area contributed by atoms with E-state index >= 15 is 0 Å². The van der Waals surface area contributed by atoms with Crippen LogP contribution in [-0.2, 0) is 0 Å². The zero-order valence-corrected chi connectivity index (χ0v) is 10.5. The van der Waals surface area contributed by atoms with Gasteiger partial charge in [0.1, 0.15) is 11.9 Å². The van der Waals surface area contributed by atoms with Crippen LogP contribution in [0.3, 0.4) is 0 Å². The van der Waals surface area contributed by atoms with Crippen LogP contribution in [-0.4, -0.2) is 35.6 Å². The lowest BCUT2D eigenvalue weighted by Gasteiger charge is -2.25. The Balaban J connectivity index is 2.18. The molecule has 1 aromatic heterocycles. The quantitative estimate of drug-likeness (QED) is 0.634. The number of nitrogens with zero attached hydrogens (tertiary/aromatic N) is 3. The Morgan fingerprint density at radius 2 is 2.50 bits per heavy atom. The maximum Gasteiger partial charge on any atom is 0.387 e. The average molecular weight is 250 g/mol. The van der Waals surface area contributed by atoms with Gasteiger partial charge in [0.25, 0.3) is 0 Å². The lowest BCUT2D eigenvalue weighted by molar-refractivity contribution is -0.388. The average Bonchev–Trinajstić information content (AvgIpc) is 2.88. The summed E-state index contributed by atoms with van der Waals surface area (Å²) in [5.74, 6) is -0.0580. The van der Waals surface area contributed by atoms with Gasteiger partial charge in [0.05, 0.1) is 0 Å². The molecule has 0 bridgehead atoms. The number of nitro groups is 1. The number of anilines is 1. The normalized spacial score (nSPS) is 18.8. The van der Waals surface area contributed by atoms with Gasteiger partial charge >= 0.3 is 5.82 Å². The highest BCUT2D eigenvalue weighted by Gasteiger charge is 2.23. The molecule has 1 aliphatic rings. The van der Waals surface area contributed by atoms with Crippen LogP contribution >= 0.6 is 0 Å². The standard InChI is InChI=1S/C12H18N4O2/c1-2-15(9-10-5-3-7-13-10)11-6-4-8-14-12(11)16(17)18/h4,6,8,10,13H,2-3,5,7,9H2,1H3. The first-order valence-corrected chi connectivity index (χ1v) is 6.30. The molecule has 1 saturated heterocycles. The Labute approximate surface area is 106 Å². The zero-order valence-electron chi connectivity index (χ0n) is 10.5. The van der Waals surface area contributed by atoms with Crippen molar-refractivity contribution in [3.63, 3.8) is 0 Å². The Morgan fingerprint density at radius 1 is 1.67 bits per heavy atom. The molecule has 0 saturated carbocycles. The number of aromatic nitrogens is 1. The van der Waals surface area contributed by atoms with Gasteiger partial charge in [-0.05, 0) is 48.4 Å². The van der Waals surface area contributed by atoms with Gasteiger partial charge in [0.2, 0.25) is 0 Å². The van der Waals surface area contributed by atoms with Crippen LogP contribution in [0.25, 0.3) is 0 Å².